The second kappa shape index (κ2) is 6.65. The van der Waals surface area contributed by atoms with Crippen molar-refractivity contribution in [1.29, 1.82) is 0 Å². The van der Waals surface area contributed by atoms with Crippen molar-refractivity contribution in [1.82, 2.24) is 9.88 Å². The number of nitrogens with two attached hydrogens (primary N) is 1. The molecule has 2 unspecified atom stereocenters. The Hall–Kier alpha value is -1.29. The number of nitrogen functional groups attached to an aromatic ring is 1. The number of piperazine rings is 1. The van der Waals surface area contributed by atoms with Crippen LogP contribution in [0.3, 0.4) is 0 Å². The predicted octanol–water partition coefficient (Wildman–Crippen LogP) is 2.75. The first-order chi connectivity index (χ1) is 10.3. The maximum absolute atomic E-state index is 6.05. The molecule has 1 saturated heterocycles. The molecule has 2 aliphatic rings. The molecule has 1 saturated carbocycles. The Labute approximate surface area is 128 Å². The highest BCUT2D eigenvalue weighted by atomic mass is 15.3. The fourth-order valence-electron chi connectivity index (χ4n) is 3.94. The van der Waals surface area contributed by atoms with Crippen LogP contribution in [-0.4, -0.2) is 42.1 Å². The molecular formula is C17H28N4. The zero-order chi connectivity index (χ0) is 14.7. The lowest BCUT2D eigenvalue weighted by atomic mass is 9.83. The van der Waals surface area contributed by atoms with E-state index in [1.54, 1.807) is 0 Å². The van der Waals surface area contributed by atoms with Gasteiger partial charge in [0.05, 0.1) is 5.69 Å². The average Bonchev–Trinajstić information content (AvgIpc) is 2.56. The number of rotatable bonds is 3. The molecule has 116 valence electrons. The van der Waals surface area contributed by atoms with Crippen molar-refractivity contribution >= 4 is 11.5 Å². The second-order valence-electron chi connectivity index (χ2n) is 6.53. The van der Waals surface area contributed by atoms with Gasteiger partial charge in [0.15, 0.2) is 5.82 Å². The summed E-state index contributed by atoms with van der Waals surface area (Å²) in [4.78, 5) is 9.49. The largest absolute Gasteiger partial charge is 0.396 e. The lowest BCUT2D eigenvalue weighted by Gasteiger charge is -2.42. The second-order valence-corrected chi connectivity index (χ2v) is 6.53. The Bertz CT molecular complexity index is 454. The van der Waals surface area contributed by atoms with E-state index in [-0.39, 0.29) is 0 Å². The average molecular weight is 288 g/mol. The van der Waals surface area contributed by atoms with Gasteiger partial charge in [0.25, 0.3) is 0 Å². The summed E-state index contributed by atoms with van der Waals surface area (Å²) < 4.78 is 0. The maximum atomic E-state index is 6.05. The van der Waals surface area contributed by atoms with Gasteiger partial charge in [-0.3, -0.25) is 4.90 Å². The van der Waals surface area contributed by atoms with Gasteiger partial charge in [-0.1, -0.05) is 26.2 Å². The van der Waals surface area contributed by atoms with Gasteiger partial charge in [-0.25, -0.2) is 4.98 Å². The van der Waals surface area contributed by atoms with Crippen LogP contribution in [0.5, 0.6) is 0 Å². The molecule has 1 aliphatic heterocycles. The van der Waals surface area contributed by atoms with Crippen molar-refractivity contribution < 1.29 is 0 Å². The van der Waals surface area contributed by atoms with Crippen LogP contribution in [0.25, 0.3) is 0 Å². The quantitative estimate of drug-likeness (QED) is 0.929. The number of nitrogens with zero attached hydrogens (tertiary/aromatic N) is 3. The van der Waals surface area contributed by atoms with E-state index in [2.05, 4.69) is 21.7 Å². The normalized spacial score (nSPS) is 27.8. The van der Waals surface area contributed by atoms with E-state index in [1.165, 1.54) is 32.1 Å². The van der Waals surface area contributed by atoms with Gasteiger partial charge in [0.2, 0.25) is 0 Å². The molecule has 1 aliphatic carbocycles. The van der Waals surface area contributed by atoms with Gasteiger partial charge in [0, 0.05) is 38.4 Å². The first kappa shape index (κ1) is 14.6. The van der Waals surface area contributed by atoms with Gasteiger partial charge in [-0.05, 0) is 30.9 Å². The first-order valence-corrected chi connectivity index (χ1v) is 8.47. The third kappa shape index (κ3) is 3.31. The Balaban J connectivity index is 1.57. The summed E-state index contributed by atoms with van der Waals surface area (Å²) in [7, 11) is 0. The summed E-state index contributed by atoms with van der Waals surface area (Å²) in [6, 6.07) is 4.66. The van der Waals surface area contributed by atoms with Crippen LogP contribution in [0.1, 0.15) is 39.0 Å². The Morgan fingerprint density at radius 1 is 1.24 bits per heavy atom. The van der Waals surface area contributed by atoms with Crippen LogP contribution in [0.15, 0.2) is 18.3 Å². The zero-order valence-corrected chi connectivity index (χ0v) is 13.2. The lowest BCUT2D eigenvalue weighted by Crippen LogP contribution is -2.51. The summed E-state index contributed by atoms with van der Waals surface area (Å²) in [6.07, 6.45) is 8.84. The maximum Gasteiger partial charge on any atom is 0.151 e. The Kier molecular flexibility index (Phi) is 4.63. The minimum atomic E-state index is 0.801. The molecule has 3 rings (SSSR count). The number of pyridine rings is 1. The predicted molar refractivity (Wildman–Crippen MR) is 88.5 cm³/mol. The van der Waals surface area contributed by atoms with E-state index in [1.807, 2.05) is 18.3 Å². The molecule has 0 radical (unpaired) electrons. The van der Waals surface area contributed by atoms with Crippen molar-refractivity contribution in [3.8, 4) is 0 Å². The summed E-state index contributed by atoms with van der Waals surface area (Å²) in [5.41, 5.74) is 6.85. The summed E-state index contributed by atoms with van der Waals surface area (Å²) in [5.74, 6) is 1.92. The molecule has 4 heteroatoms. The molecule has 4 nitrogen and oxygen atoms in total. The van der Waals surface area contributed by atoms with E-state index in [0.29, 0.717) is 0 Å². The topological polar surface area (TPSA) is 45.4 Å². The summed E-state index contributed by atoms with van der Waals surface area (Å²) >= 11 is 0. The minimum absolute atomic E-state index is 0.801. The molecule has 0 bridgehead atoms. The van der Waals surface area contributed by atoms with Gasteiger partial charge in [-0.2, -0.15) is 0 Å². The highest BCUT2D eigenvalue weighted by Gasteiger charge is 2.28. The van der Waals surface area contributed by atoms with E-state index in [0.717, 1.165) is 49.6 Å². The van der Waals surface area contributed by atoms with Crippen LogP contribution in [0, 0.1) is 5.92 Å². The highest BCUT2D eigenvalue weighted by Crippen LogP contribution is 2.31. The molecule has 0 aromatic carbocycles. The molecule has 0 spiro atoms. The van der Waals surface area contributed by atoms with Crippen molar-refractivity contribution in [2.75, 3.05) is 36.8 Å². The Morgan fingerprint density at radius 3 is 2.76 bits per heavy atom. The summed E-state index contributed by atoms with van der Waals surface area (Å²) in [5, 5.41) is 0. The SMILES string of the molecule is CCC1CCCC(N2CCN(c3ncccc3N)CC2)C1. The fraction of sp³-hybridized carbons (Fsp3) is 0.706. The van der Waals surface area contributed by atoms with Crippen LogP contribution < -0.4 is 10.6 Å². The minimum Gasteiger partial charge on any atom is -0.396 e. The van der Waals surface area contributed by atoms with E-state index in [4.69, 9.17) is 5.73 Å². The number of anilines is 2. The standard InChI is InChI=1S/C17H28N4/c1-2-14-5-3-6-15(13-14)20-9-11-21(12-10-20)17-16(18)7-4-8-19-17/h4,7-8,14-15H,2-3,5-6,9-13,18H2,1H3. The van der Waals surface area contributed by atoms with Gasteiger partial charge in [-0.15, -0.1) is 0 Å². The number of hydrogen-bond donors (Lipinski definition) is 1. The molecule has 2 fully saturated rings. The van der Waals surface area contributed by atoms with Gasteiger partial charge in [0.1, 0.15) is 0 Å². The molecule has 1 aromatic heterocycles. The fourth-order valence-corrected chi connectivity index (χ4v) is 3.94. The summed E-state index contributed by atoms with van der Waals surface area (Å²) in [6.45, 7) is 6.74. The zero-order valence-electron chi connectivity index (χ0n) is 13.2. The van der Waals surface area contributed by atoms with E-state index >= 15 is 0 Å². The van der Waals surface area contributed by atoms with Gasteiger partial charge < -0.3 is 10.6 Å². The van der Waals surface area contributed by atoms with E-state index in [9.17, 15) is 0 Å². The van der Waals surface area contributed by atoms with Crippen LogP contribution in [0.2, 0.25) is 0 Å². The van der Waals surface area contributed by atoms with E-state index < -0.39 is 0 Å². The number of aromatic nitrogens is 1. The molecule has 0 amide bonds. The molecule has 2 N–H and O–H groups in total. The lowest BCUT2D eigenvalue weighted by molar-refractivity contribution is 0.121. The third-order valence-corrected chi connectivity index (χ3v) is 5.28. The molecular weight excluding hydrogens is 260 g/mol. The molecule has 2 heterocycles. The monoisotopic (exact) mass is 288 g/mol. The smallest absolute Gasteiger partial charge is 0.151 e. The van der Waals surface area contributed by atoms with Crippen molar-refractivity contribution in [2.24, 2.45) is 5.92 Å². The van der Waals surface area contributed by atoms with Gasteiger partial charge >= 0.3 is 0 Å². The molecule has 1 aromatic rings. The van der Waals surface area contributed by atoms with Crippen molar-refractivity contribution in [3.63, 3.8) is 0 Å². The highest BCUT2D eigenvalue weighted by molar-refractivity contribution is 5.62. The van der Waals surface area contributed by atoms with Crippen LogP contribution in [-0.2, 0) is 0 Å². The molecule has 2 atom stereocenters. The van der Waals surface area contributed by atoms with Crippen molar-refractivity contribution in [2.45, 2.75) is 45.1 Å². The van der Waals surface area contributed by atoms with Crippen LogP contribution in [0.4, 0.5) is 11.5 Å². The van der Waals surface area contributed by atoms with Crippen molar-refractivity contribution in [3.05, 3.63) is 18.3 Å². The van der Waals surface area contributed by atoms with Crippen LogP contribution >= 0.6 is 0 Å². The first-order valence-electron chi connectivity index (χ1n) is 8.47. The Morgan fingerprint density at radius 2 is 2.05 bits per heavy atom. The molecule has 21 heavy (non-hydrogen) atoms. The number of hydrogen-bond acceptors (Lipinski definition) is 4. The third-order valence-electron chi connectivity index (χ3n) is 5.28.